The predicted octanol–water partition coefficient (Wildman–Crippen LogP) is 2.82. The molecule has 100 valence electrons. The first-order valence-corrected chi connectivity index (χ1v) is 6.89. The van der Waals surface area contributed by atoms with E-state index in [2.05, 4.69) is 29.6 Å². The van der Waals surface area contributed by atoms with Gasteiger partial charge in [0, 0.05) is 6.42 Å². The standard InChI is InChI=1S/C17H16N2O/c18-12-17(15-6-7-16(20)19-15)10-8-14(9-11-17)13-4-2-1-3-5-13/h1-5,8-10,15H,6-7,11H2,(H,19,20). The fourth-order valence-electron chi connectivity index (χ4n) is 2.92. The zero-order chi connectivity index (χ0) is 14.0. The Labute approximate surface area is 118 Å². The Morgan fingerprint density at radius 2 is 2.10 bits per heavy atom. The van der Waals surface area contributed by atoms with Gasteiger partial charge in [-0.3, -0.25) is 4.79 Å². The zero-order valence-electron chi connectivity index (χ0n) is 11.2. The average molecular weight is 264 g/mol. The quantitative estimate of drug-likeness (QED) is 0.893. The molecule has 0 saturated carbocycles. The second-order valence-corrected chi connectivity index (χ2v) is 5.37. The number of hydrogen-bond acceptors (Lipinski definition) is 2. The van der Waals surface area contributed by atoms with Crippen LogP contribution in [-0.2, 0) is 4.79 Å². The summed E-state index contributed by atoms with van der Waals surface area (Å²) in [6.45, 7) is 0. The molecule has 0 radical (unpaired) electrons. The van der Waals surface area contributed by atoms with Crippen molar-refractivity contribution in [2.75, 3.05) is 0 Å². The minimum atomic E-state index is -0.593. The Morgan fingerprint density at radius 1 is 1.30 bits per heavy atom. The van der Waals surface area contributed by atoms with Crippen molar-refractivity contribution in [1.82, 2.24) is 5.32 Å². The lowest BCUT2D eigenvalue weighted by molar-refractivity contribution is -0.119. The van der Waals surface area contributed by atoms with Crippen molar-refractivity contribution in [3.05, 3.63) is 54.1 Å². The SMILES string of the molecule is N#CC1(C2CCC(=O)N2)C=CC(c2ccccc2)=CC1. The van der Waals surface area contributed by atoms with E-state index in [1.165, 1.54) is 0 Å². The van der Waals surface area contributed by atoms with Gasteiger partial charge in [-0.25, -0.2) is 0 Å². The first-order chi connectivity index (χ1) is 9.73. The maximum absolute atomic E-state index is 11.4. The van der Waals surface area contributed by atoms with E-state index in [-0.39, 0.29) is 11.9 Å². The molecule has 1 aromatic carbocycles. The van der Waals surface area contributed by atoms with E-state index in [1.807, 2.05) is 30.4 Å². The molecule has 1 amide bonds. The maximum Gasteiger partial charge on any atom is 0.220 e. The van der Waals surface area contributed by atoms with Gasteiger partial charge in [-0.15, -0.1) is 0 Å². The largest absolute Gasteiger partial charge is 0.351 e. The van der Waals surface area contributed by atoms with E-state index in [0.717, 1.165) is 17.6 Å². The summed E-state index contributed by atoms with van der Waals surface area (Å²) in [6.07, 6.45) is 7.98. The van der Waals surface area contributed by atoms with Crippen molar-refractivity contribution < 1.29 is 4.79 Å². The van der Waals surface area contributed by atoms with Crippen LogP contribution in [0.15, 0.2) is 48.6 Å². The van der Waals surface area contributed by atoms with Crippen LogP contribution in [0.25, 0.3) is 5.57 Å². The summed E-state index contributed by atoms with van der Waals surface area (Å²) in [5.74, 6) is 0.0517. The van der Waals surface area contributed by atoms with Crippen molar-refractivity contribution in [2.45, 2.75) is 25.3 Å². The summed E-state index contributed by atoms with van der Waals surface area (Å²) < 4.78 is 0. The Hall–Kier alpha value is -2.34. The van der Waals surface area contributed by atoms with Crippen molar-refractivity contribution >= 4 is 11.5 Å². The number of allylic oxidation sites excluding steroid dienone is 3. The Kier molecular flexibility index (Phi) is 3.15. The highest BCUT2D eigenvalue weighted by Crippen LogP contribution is 2.38. The molecule has 20 heavy (non-hydrogen) atoms. The van der Waals surface area contributed by atoms with Crippen LogP contribution in [0.3, 0.4) is 0 Å². The number of nitriles is 1. The molecule has 3 nitrogen and oxygen atoms in total. The van der Waals surface area contributed by atoms with Gasteiger partial charge in [0.15, 0.2) is 0 Å². The number of nitrogens with one attached hydrogen (secondary N) is 1. The molecule has 0 aromatic heterocycles. The normalized spacial score (nSPS) is 28.6. The van der Waals surface area contributed by atoms with Crippen molar-refractivity contribution in [2.24, 2.45) is 5.41 Å². The van der Waals surface area contributed by atoms with Gasteiger partial charge in [-0.1, -0.05) is 48.6 Å². The summed E-state index contributed by atoms with van der Waals surface area (Å²) in [7, 11) is 0. The molecule has 3 heteroatoms. The fraction of sp³-hybridized carbons (Fsp3) is 0.294. The topological polar surface area (TPSA) is 52.9 Å². The van der Waals surface area contributed by atoms with Crippen LogP contribution in [0.2, 0.25) is 0 Å². The Bertz CT molecular complexity index is 624. The third-order valence-electron chi connectivity index (χ3n) is 4.15. The maximum atomic E-state index is 11.4. The van der Waals surface area contributed by atoms with Gasteiger partial charge in [0.25, 0.3) is 0 Å². The molecule has 0 spiro atoms. The van der Waals surface area contributed by atoms with Crippen LogP contribution in [0, 0.1) is 16.7 Å². The number of benzene rings is 1. The third kappa shape index (κ3) is 2.14. The molecule has 1 aliphatic heterocycles. The fourth-order valence-corrected chi connectivity index (χ4v) is 2.92. The van der Waals surface area contributed by atoms with Crippen LogP contribution in [0.1, 0.15) is 24.8 Å². The molecule has 2 aliphatic rings. The summed E-state index contributed by atoms with van der Waals surface area (Å²) >= 11 is 0. The number of carbonyl (C=O) groups excluding carboxylic acids is 1. The molecule has 1 fully saturated rings. The second-order valence-electron chi connectivity index (χ2n) is 5.37. The van der Waals surface area contributed by atoms with Gasteiger partial charge in [0.1, 0.15) is 0 Å². The molecule has 2 atom stereocenters. The van der Waals surface area contributed by atoms with E-state index < -0.39 is 5.41 Å². The van der Waals surface area contributed by atoms with E-state index in [4.69, 9.17) is 0 Å². The lowest BCUT2D eigenvalue weighted by atomic mass is 9.74. The molecule has 1 N–H and O–H groups in total. The molecular formula is C17H16N2O. The van der Waals surface area contributed by atoms with Gasteiger partial charge in [-0.2, -0.15) is 5.26 Å². The van der Waals surface area contributed by atoms with E-state index in [0.29, 0.717) is 12.8 Å². The molecule has 2 unspecified atom stereocenters. The third-order valence-corrected chi connectivity index (χ3v) is 4.15. The highest BCUT2D eigenvalue weighted by Gasteiger charge is 2.41. The van der Waals surface area contributed by atoms with Crippen LogP contribution in [0.5, 0.6) is 0 Å². The first kappa shape index (κ1) is 12.7. The molecular weight excluding hydrogens is 248 g/mol. The van der Waals surface area contributed by atoms with Crippen LogP contribution in [0.4, 0.5) is 0 Å². The predicted molar refractivity (Wildman–Crippen MR) is 77.4 cm³/mol. The van der Waals surface area contributed by atoms with Crippen molar-refractivity contribution in [3.8, 4) is 6.07 Å². The van der Waals surface area contributed by atoms with E-state index in [1.54, 1.807) is 0 Å². The van der Waals surface area contributed by atoms with Crippen LogP contribution < -0.4 is 5.32 Å². The minimum absolute atomic E-state index is 0.0517. The highest BCUT2D eigenvalue weighted by molar-refractivity contribution is 5.79. The van der Waals surface area contributed by atoms with Gasteiger partial charge in [-0.05, 0) is 24.0 Å². The summed E-state index contributed by atoms with van der Waals surface area (Å²) in [4.78, 5) is 11.4. The zero-order valence-corrected chi connectivity index (χ0v) is 11.2. The highest BCUT2D eigenvalue weighted by atomic mass is 16.1. The van der Waals surface area contributed by atoms with Gasteiger partial charge >= 0.3 is 0 Å². The lowest BCUT2D eigenvalue weighted by Gasteiger charge is -2.31. The average Bonchev–Trinajstić information content (AvgIpc) is 2.95. The number of hydrogen-bond donors (Lipinski definition) is 1. The molecule has 1 saturated heterocycles. The van der Waals surface area contributed by atoms with Crippen molar-refractivity contribution in [3.63, 3.8) is 0 Å². The smallest absolute Gasteiger partial charge is 0.220 e. The monoisotopic (exact) mass is 264 g/mol. The van der Waals surface area contributed by atoms with E-state index in [9.17, 15) is 10.1 Å². The van der Waals surface area contributed by atoms with E-state index >= 15 is 0 Å². The molecule has 1 aliphatic carbocycles. The number of nitrogens with zero attached hydrogens (tertiary/aromatic N) is 1. The van der Waals surface area contributed by atoms with Crippen LogP contribution in [-0.4, -0.2) is 11.9 Å². The van der Waals surface area contributed by atoms with Gasteiger partial charge in [0.05, 0.1) is 17.5 Å². The molecule has 1 heterocycles. The number of carbonyl (C=O) groups is 1. The first-order valence-electron chi connectivity index (χ1n) is 6.89. The molecule has 0 bridgehead atoms. The Morgan fingerprint density at radius 3 is 2.65 bits per heavy atom. The van der Waals surface area contributed by atoms with Crippen molar-refractivity contribution in [1.29, 1.82) is 5.26 Å². The second kappa shape index (κ2) is 4.97. The summed E-state index contributed by atoms with van der Waals surface area (Å²) in [5, 5.41) is 12.5. The summed E-state index contributed by atoms with van der Waals surface area (Å²) in [6, 6.07) is 12.5. The van der Waals surface area contributed by atoms with Gasteiger partial charge in [0.2, 0.25) is 5.91 Å². The van der Waals surface area contributed by atoms with Gasteiger partial charge < -0.3 is 5.32 Å². The minimum Gasteiger partial charge on any atom is -0.351 e. The summed E-state index contributed by atoms with van der Waals surface area (Å²) in [5.41, 5.74) is 1.70. The number of rotatable bonds is 2. The molecule has 3 rings (SSSR count). The number of amides is 1. The molecule has 1 aromatic rings. The lowest BCUT2D eigenvalue weighted by Crippen LogP contribution is -2.41. The Balaban J connectivity index is 1.83. The van der Waals surface area contributed by atoms with Crippen LogP contribution >= 0.6 is 0 Å².